The number of methoxy groups -OCH3 is 1. The molecule has 1 saturated heterocycles. The zero-order chi connectivity index (χ0) is 27.7. The van der Waals surface area contributed by atoms with Crippen LogP contribution >= 0.6 is 11.3 Å². The van der Waals surface area contributed by atoms with Crippen LogP contribution in [0.25, 0.3) is 10.1 Å². The number of ether oxygens (including phenoxy) is 1. The second-order valence-corrected chi connectivity index (χ2v) is 12.4. The number of nitrogens with zero attached hydrogens (tertiary/aromatic N) is 3. The molecule has 2 aromatic carbocycles. The summed E-state index contributed by atoms with van der Waals surface area (Å²) in [6, 6.07) is 11.9. The van der Waals surface area contributed by atoms with Crippen molar-refractivity contribution < 1.29 is 18.7 Å². The van der Waals surface area contributed by atoms with Gasteiger partial charge in [-0.25, -0.2) is 9.18 Å². The maximum Gasteiger partial charge on any atom is 0.332 e. The molecule has 6 nitrogen and oxygen atoms in total. The van der Waals surface area contributed by atoms with Crippen LogP contribution < -0.4 is 9.80 Å². The van der Waals surface area contributed by atoms with Crippen LogP contribution in [0.5, 0.6) is 0 Å². The molecule has 212 valence electrons. The number of esters is 1. The SMILES string of the molecule is COC(=O)C1(N2C(=O)CCc3ccc(CCN4CCN(c5cc(F)cc6sccc56)CC4)cc32)CCCCCC1. The molecule has 0 spiro atoms. The molecule has 2 fully saturated rings. The first-order chi connectivity index (χ1) is 19.5. The molecule has 0 N–H and O–H groups in total. The largest absolute Gasteiger partial charge is 0.467 e. The van der Waals surface area contributed by atoms with Crippen molar-refractivity contribution in [2.75, 3.05) is 49.6 Å². The highest BCUT2D eigenvalue weighted by atomic mass is 32.1. The molecule has 0 bridgehead atoms. The van der Waals surface area contributed by atoms with E-state index in [1.165, 1.54) is 12.7 Å². The van der Waals surface area contributed by atoms with Gasteiger partial charge in [0.25, 0.3) is 0 Å². The van der Waals surface area contributed by atoms with E-state index in [0.717, 1.165) is 91.9 Å². The summed E-state index contributed by atoms with van der Waals surface area (Å²) < 4.78 is 20.6. The van der Waals surface area contributed by atoms with Gasteiger partial charge >= 0.3 is 5.97 Å². The number of piperazine rings is 1. The van der Waals surface area contributed by atoms with Crippen molar-refractivity contribution >= 4 is 44.7 Å². The van der Waals surface area contributed by atoms with Crippen molar-refractivity contribution in [2.24, 2.45) is 0 Å². The van der Waals surface area contributed by atoms with Gasteiger partial charge in [-0.15, -0.1) is 11.3 Å². The van der Waals surface area contributed by atoms with Crippen LogP contribution in [-0.4, -0.2) is 62.1 Å². The summed E-state index contributed by atoms with van der Waals surface area (Å²) in [7, 11) is 1.44. The van der Waals surface area contributed by atoms with E-state index in [-0.39, 0.29) is 17.7 Å². The molecule has 6 rings (SSSR count). The lowest BCUT2D eigenvalue weighted by atomic mass is 9.84. The van der Waals surface area contributed by atoms with E-state index in [4.69, 9.17) is 4.74 Å². The second kappa shape index (κ2) is 11.5. The molecule has 8 heteroatoms. The number of thiophene rings is 1. The van der Waals surface area contributed by atoms with Gasteiger partial charge in [-0.05, 0) is 66.5 Å². The summed E-state index contributed by atoms with van der Waals surface area (Å²) in [5, 5.41) is 3.16. The number of aryl methyl sites for hydroxylation is 1. The van der Waals surface area contributed by atoms with Crippen LogP contribution in [0.4, 0.5) is 15.8 Å². The van der Waals surface area contributed by atoms with Crippen LogP contribution in [0.1, 0.15) is 56.1 Å². The van der Waals surface area contributed by atoms with Crippen molar-refractivity contribution in [2.45, 2.75) is 63.3 Å². The summed E-state index contributed by atoms with van der Waals surface area (Å²) in [6.45, 7) is 4.48. The zero-order valence-electron chi connectivity index (χ0n) is 23.3. The van der Waals surface area contributed by atoms with Crippen molar-refractivity contribution in [3.63, 3.8) is 0 Å². The monoisotopic (exact) mass is 563 g/mol. The maximum absolute atomic E-state index is 14.2. The highest BCUT2D eigenvalue weighted by Gasteiger charge is 2.49. The van der Waals surface area contributed by atoms with Crippen molar-refractivity contribution in [1.29, 1.82) is 0 Å². The summed E-state index contributed by atoms with van der Waals surface area (Å²) in [5.74, 6) is -0.424. The Morgan fingerprint density at radius 3 is 2.50 bits per heavy atom. The molecule has 3 aromatic rings. The Morgan fingerprint density at radius 1 is 0.975 bits per heavy atom. The molecule has 0 radical (unpaired) electrons. The van der Waals surface area contributed by atoms with E-state index < -0.39 is 5.54 Å². The molecule has 40 heavy (non-hydrogen) atoms. The normalized spacial score (nSPS) is 19.9. The Labute approximate surface area is 239 Å². The highest BCUT2D eigenvalue weighted by Crippen LogP contribution is 2.42. The Balaban J connectivity index is 1.16. The number of hydrogen-bond donors (Lipinski definition) is 0. The maximum atomic E-state index is 14.2. The van der Waals surface area contributed by atoms with Gasteiger partial charge in [0.1, 0.15) is 11.4 Å². The minimum atomic E-state index is -0.906. The fraction of sp³-hybridized carbons (Fsp3) is 0.500. The molecule has 1 saturated carbocycles. The number of halogens is 1. The van der Waals surface area contributed by atoms with Gasteiger partial charge in [0.2, 0.25) is 5.91 Å². The Hall–Kier alpha value is -2.97. The van der Waals surface area contributed by atoms with E-state index in [2.05, 4.69) is 34.1 Å². The standard InChI is InChI=1S/C32H38FN3O3S/c1-39-31(38)32(12-4-2-3-5-13-32)36-27-20-23(6-7-24(27)8-9-30(36)37)10-14-34-15-17-35(18-16-34)28-21-25(33)22-29-26(28)11-19-40-29/h6-7,11,19-22H,2-5,8-10,12-18H2,1H3. The summed E-state index contributed by atoms with van der Waals surface area (Å²) in [5.41, 5.74) is 3.31. The highest BCUT2D eigenvalue weighted by molar-refractivity contribution is 7.17. The van der Waals surface area contributed by atoms with Gasteiger partial charge < -0.3 is 9.64 Å². The number of carbonyl (C=O) groups is 2. The molecule has 0 unspecified atom stereocenters. The molecule has 0 atom stereocenters. The van der Waals surface area contributed by atoms with Gasteiger partial charge in [-0.2, -0.15) is 0 Å². The topological polar surface area (TPSA) is 53.1 Å². The number of anilines is 2. The molecule has 3 aliphatic rings. The predicted molar refractivity (Wildman–Crippen MR) is 159 cm³/mol. The molecule has 3 heterocycles. The number of amides is 1. The second-order valence-electron chi connectivity index (χ2n) is 11.5. The van der Waals surface area contributed by atoms with E-state index in [0.29, 0.717) is 25.7 Å². The molecule has 1 aliphatic carbocycles. The Morgan fingerprint density at radius 2 is 1.75 bits per heavy atom. The average molecular weight is 564 g/mol. The third-order valence-electron chi connectivity index (χ3n) is 9.12. The fourth-order valence-electron chi connectivity index (χ4n) is 6.94. The van der Waals surface area contributed by atoms with E-state index >= 15 is 0 Å². The van der Waals surface area contributed by atoms with Crippen LogP contribution in [0.2, 0.25) is 0 Å². The third-order valence-corrected chi connectivity index (χ3v) is 9.98. The number of hydrogen-bond acceptors (Lipinski definition) is 6. The quantitative estimate of drug-likeness (QED) is 0.274. The molecule has 1 amide bonds. The van der Waals surface area contributed by atoms with Gasteiger partial charge in [0.05, 0.1) is 7.11 Å². The van der Waals surface area contributed by atoms with Crippen molar-refractivity contribution in [3.05, 3.63) is 58.7 Å². The average Bonchev–Trinajstić information content (AvgIpc) is 3.31. The number of rotatable bonds is 6. The van der Waals surface area contributed by atoms with Crippen LogP contribution in [-0.2, 0) is 27.2 Å². The third kappa shape index (κ3) is 5.12. The number of benzene rings is 2. The molecular weight excluding hydrogens is 525 g/mol. The first-order valence-corrected chi connectivity index (χ1v) is 15.5. The zero-order valence-corrected chi connectivity index (χ0v) is 24.1. The van der Waals surface area contributed by atoms with Crippen molar-refractivity contribution in [3.8, 4) is 0 Å². The predicted octanol–water partition coefficient (Wildman–Crippen LogP) is 5.95. The van der Waals surface area contributed by atoms with Gasteiger partial charge in [0.15, 0.2) is 0 Å². The minimum Gasteiger partial charge on any atom is -0.467 e. The number of carbonyl (C=O) groups excluding carboxylic acids is 2. The van der Waals surface area contributed by atoms with Gasteiger partial charge in [-0.1, -0.05) is 37.8 Å². The first-order valence-electron chi connectivity index (χ1n) is 14.7. The minimum absolute atomic E-state index is 0.0325. The lowest BCUT2D eigenvalue weighted by Gasteiger charge is -2.44. The molecule has 2 aliphatic heterocycles. The molecular formula is C32H38FN3O3S. The fourth-order valence-corrected chi connectivity index (χ4v) is 7.78. The van der Waals surface area contributed by atoms with Crippen molar-refractivity contribution in [1.82, 2.24) is 4.90 Å². The van der Waals surface area contributed by atoms with Crippen LogP contribution in [0, 0.1) is 5.82 Å². The van der Waals surface area contributed by atoms with Crippen LogP contribution in [0.15, 0.2) is 41.8 Å². The Bertz CT molecular complexity index is 1390. The summed E-state index contributed by atoms with van der Waals surface area (Å²) in [4.78, 5) is 33.3. The smallest absolute Gasteiger partial charge is 0.332 e. The summed E-state index contributed by atoms with van der Waals surface area (Å²) >= 11 is 1.58. The lowest BCUT2D eigenvalue weighted by Crippen LogP contribution is -2.59. The lowest BCUT2D eigenvalue weighted by molar-refractivity contribution is -0.149. The van der Waals surface area contributed by atoms with E-state index in [1.54, 1.807) is 23.5 Å². The Kier molecular flexibility index (Phi) is 7.82. The van der Waals surface area contributed by atoms with E-state index in [9.17, 15) is 14.0 Å². The van der Waals surface area contributed by atoms with Gasteiger partial charge in [0, 0.05) is 60.6 Å². The van der Waals surface area contributed by atoms with E-state index in [1.807, 2.05) is 10.3 Å². The molecule has 1 aromatic heterocycles. The first kappa shape index (κ1) is 27.2. The van der Waals surface area contributed by atoms with Gasteiger partial charge in [-0.3, -0.25) is 14.6 Å². The summed E-state index contributed by atoms with van der Waals surface area (Å²) in [6.07, 6.45) is 7.33. The number of fused-ring (bicyclic) bond motifs is 2. The van der Waals surface area contributed by atoms with Crippen LogP contribution in [0.3, 0.4) is 0 Å².